The second kappa shape index (κ2) is 10.9. The van der Waals surface area contributed by atoms with E-state index in [9.17, 15) is 18.0 Å². The molecule has 12 heteroatoms. The van der Waals surface area contributed by atoms with Crippen LogP contribution in [0, 0.1) is 6.92 Å². The molecule has 4 aromatic rings. The Hall–Kier alpha value is -3.15. The van der Waals surface area contributed by atoms with E-state index in [1.807, 2.05) is 31.2 Å². The van der Waals surface area contributed by atoms with Crippen LogP contribution in [0.1, 0.15) is 11.3 Å². The van der Waals surface area contributed by atoms with Crippen molar-refractivity contribution in [2.24, 2.45) is 0 Å². The van der Waals surface area contributed by atoms with Crippen LogP contribution in [0.5, 0.6) is 5.75 Å². The number of anilines is 1. The standard InChI is InChI=1S/C24H18ClF3N4O2S2/c1-13-22(36-23(29-13)14-3-6-16(34-2)7-4-14)18-9-10-21(32-31-18)35-12-20(33)30-19-11-15(24(26,27)28)5-8-17(19)25/h3-11H,12H2,1-2H3,(H,30,33). The number of carbonyl (C=O) groups excluding carboxylic acids is 1. The molecule has 2 aromatic heterocycles. The third kappa shape index (κ3) is 6.15. The zero-order valence-corrected chi connectivity index (χ0v) is 21.3. The van der Waals surface area contributed by atoms with Crippen molar-refractivity contribution in [3.05, 3.63) is 70.9 Å². The number of alkyl halides is 3. The normalized spacial score (nSPS) is 11.4. The smallest absolute Gasteiger partial charge is 0.416 e. The van der Waals surface area contributed by atoms with Gasteiger partial charge in [0.2, 0.25) is 5.91 Å². The molecule has 36 heavy (non-hydrogen) atoms. The van der Waals surface area contributed by atoms with Gasteiger partial charge in [0.15, 0.2) is 0 Å². The van der Waals surface area contributed by atoms with Gasteiger partial charge in [-0.05, 0) is 61.5 Å². The largest absolute Gasteiger partial charge is 0.497 e. The number of halogens is 4. The summed E-state index contributed by atoms with van der Waals surface area (Å²) in [5.41, 5.74) is 1.42. The molecule has 1 amide bonds. The highest BCUT2D eigenvalue weighted by Gasteiger charge is 2.31. The topological polar surface area (TPSA) is 77.0 Å². The van der Waals surface area contributed by atoms with E-state index >= 15 is 0 Å². The Bertz CT molecular complexity index is 1380. The quantitative estimate of drug-likeness (QED) is 0.250. The second-order valence-corrected chi connectivity index (χ2v) is 9.85. The highest BCUT2D eigenvalue weighted by Crippen LogP contribution is 2.36. The Kier molecular flexibility index (Phi) is 7.82. The molecule has 0 aliphatic rings. The molecule has 2 aromatic carbocycles. The number of nitrogens with one attached hydrogen (secondary N) is 1. The molecule has 0 saturated carbocycles. The van der Waals surface area contributed by atoms with E-state index in [2.05, 4.69) is 20.5 Å². The average molecular weight is 551 g/mol. The minimum absolute atomic E-state index is 0.0134. The van der Waals surface area contributed by atoms with E-state index in [0.717, 1.165) is 56.9 Å². The first kappa shape index (κ1) is 25.9. The van der Waals surface area contributed by atoms with Gasteiger partial charge in [-0.15, -0.1) is 21.5 Å². The summed E-state index contributed by atoms with van der Waals surface area (Å²) in [6.45, 7) is 1.90. The van der Waals surface area contributed by atoms with Crippen molar-refractivity contribution in [1.82, 2.24) is 15.2 Å². The van der Waals surface area contributed by atoms with E-state index in [4.69, 9.17) is 16.3 Å². The van der Waals surface area contributed by atoms with Crippen LogP contribution < -0.4 is 10.1 Å². The van der Waals surface area contributed by atoms with Crippen LogP contribution >= 0.6 is 34.7 Å². The van der Waals surface area contributed by atoms with Crippen molar-refractivity contribution < 1.29 is 22.7 Å². The predicted molar refractivity (Wildman–Crippen MR) is 136 cm³/mol. The summed E-state index contributed by atoms with van der Waals surface area (Å²) in [5, 5.41) is 12.2. The van der Waals surface area contributed by atoms with Gasteiger partial charge in [0.1, 0.15) is 21.5 Å². The fourth-order valence-electron chi connectivity index (χ4n) is 3.13. The number of rotatable bonds is 7. The number of nitrogens with zero attached hydrogens (tertiary/aromatic N) is 3. The van der Waals surface area contributed by atoms with Crippen molar-refractivity contribution in [1.29, 1.82) is 0 Å². The van der Waals surface area contributed by atoms with Gasteiger partial charge in [0, 0.05) is 5.56 Å². The Balaban J connectivity index is 1.39. The maximum absolute atomic E-state index is 12.9. The maximum Gasteiger partial charge on any atom is 0.416 e. The lowest BCUT2D eigenvalue weighted by atomic mass is 10.2. The summed E-state index contributed by atoms with van der Waals surface area (Å²) in [7, 11) is 1.61. The van der Waals surface area contributed by atoms with Crippen LogP contribution in [0.4, 0.5) is 18.9 Å². The third-order valence-electron chi connectivity index (χ3n) is 4.93. The number of aromatic nitrogens is 3. The summed E-state index contributed by atoms with van der Waals surface area (Å²) in [5.74, 6) is 0.161. The molecule has 0 bridgehead atoms. The van der Waals surface area contributed by atoms with Gasteiger partial charge in [-0.2, -0.15) is 13.2 Å². The second-order valence-electron chi connectivity index (χ2n) is 7.45. The Morgan fingerprint density at radius 2 is 1.86 bits per heavy atom. The van der Waals surface area contributed by atoms with Crippen LogP contribution in [-0.4, -0.2) is 34.0 Å². The van der Waals surface area contributed by atoms with Crippen molar-refractivity contribution in [2.45, 2.75) is 18.1 Å². The third-order valence-corrected chi connectivity index (χ3v) is 7.40. The number of benzene rings is 2. The zero-order chi connectivity index (χ0) is 25.9. The molecule has 1 N–H and O–H groups in total. The molecule has 6 nitrogen and oxygen atoms in total. The minimum Gasteiger partial charge on any atom is -0.497 e. The highest BCUT2D eigenvalue weighted by molar-refractivity contribution is 7.99. The number of thioether (sulfide) groups is 1. The lowest BCUT2D eigenvalue weighted by Crippen LogP contribution is -2.15. The number of hydrogen-bond acceptors (Lipinski definition) is 7. The van der Waals surface area contributed by atoms with E-state index in [0.29, 0.717) is 10.7 Å². The molecule has 0 aliphatic heterocycles. The summed E-state index contributed by atoms with van der Waals surface area (Å²) < 4.78 is 44.0. The van der Waals surface area contributed by atoms with E-state index in [1.54, 1.807) is 19.2 Å². The number of thiazole rings is 1. The molecule has 4 rings (SSSR count). The average Bonchev–Trinajstić information content (AvgIpc) is 3.25. The lowest BCUT2D eigenvalue weighted by molar-refractivity contribution is -0.137. The molecule has 0 unspecified atom stereocenters. The van der Waals surface area contributed by atoms with E-state index < -0.39 is 17.6 Å². The summed E-state index contributed by atoms with van der Waals surface area (Å²) in [4.78, 5) is 17.8. The molecule has 186 valence electrons. The molecule has 0 saturated heterocycles. The zero-order valence-electron chi connectivity index (χ0n) is 18.9. The van der Waals surface area contributed by atoms with E-state index in [-0.39, 0.29) is 16.5 Å². The van der Waals surface area contributed by atoms with Crippen LogP contribution in [0.3, 0.4) is 0 Å². The van der Waals surface area contributed by atoms with Crippen LogP contribution in [0.15, 0.2) is 59.6 Å². The lowest BCUT2D eigenvalue weighted by Gasteiger charge is -2.11. The minimum atomic E-state index is -4.54. The summed E-state index contributed by atoms with van der Waals surface area (Å²) >= 11 is 8.52. The fourth-order valence-corrected chi connectivity index (χ4v) is 4.95. The fraction of sp³-hybridized carbons (Fsp3) is 0.167. The first-order valence-corrected chi connectivity index (χ1v) is 12.6. The molecule has 2 heterocycles. The van der Waals surface area contributed by atoms with Gasteiger partial charge in [0.05, 0.1) is 39.7 Å². The van der Waals surface area contributed by atoms with Gasteiger partial charge in [0.25, 0.3) is 0 Å². The number of aryl methyl sites for hydroxylation is 1. The van der Waals surface area contributed by atoms with Gasteiger partial charge in [-0.1, -0.05) is 23.4 Å². The molecule has 0 aliphatic carbocycles. The Labute approximate surface area is 217 Å². The molecular formula is C24H18ClF3N4O2S2. The first-order valence-electron chi connectivity index (χ1n) is 10.4. The van der Waals surface area contributed by atoms with Gasteiger partial charge < -0.3 is 10.1 Å². The maximum atomic E-state index is 12.9. The predicted octanol–water partition coefficient (Wildman–Crippen LogP) is 6.99. The van der Waals surface area contributed by atoms with Gasteiger partial charge >= 0.3 is 6.18 Å². The molecule has 0 spiro atoms. The Morgan fingerprint density at radius 1 is 1.11 bits per heavy atom. The highest BCUT2D eigenvalue weighted by atomic mass is 35.5. The van der Waals surface area contributed by atoms with Gasteiger partial charge in [-0.25, -0.2) is 4.98 Å². The molecule has 0 atom stereocenters. The number of methoxy groups -OCH3 is 1. The first-order chi connectivity index (χ1) is 17.1. The van der Waals surface area contributed by atoms with Crippen molar-refractivity contribution in [3.63, 3.8) is 0 Å². The summed E-state index contributed by atoms with van der Waals surface area (Å²) in [6, 6.07) is 13.9. The van der Waals surface area contributed by atoms with Gasteiger partial charge in [-0.3, -0.25) is 4.79 Å². The number of ether oxygens (including phenoxy) is 1. The summed E-state index contributed by atoms with van der Waals surface area (Å²) in [6.07, 6.45) is -4.54. The van der Waals surface area contributed by atoms with E-state index in [1.165, 1.54) is 11.3 Å². The monoisotopic (exact) mass is 550 g/mol. The molecular weight excluding hydrogens is 533 g/mol. The molecule has 0 radical (unpaired) electrons. The van der Waals surface area contributed by atoms with Crippen molar-refractivity contribution in [2.75, 3.05) is 18.2 Å². The van der Waals surface area contributed by atoms with Crippen molar-refractivity contribution >= 4 is 46.3 Å². The van der Waals surface area contributed by atoms with Crippen LogP contribution in [-0.2, 0) is 11.0 Å². The number of amides is 1. The number of hydrogen-bond donors (Lipinski definition) is 1. The van der Waals surface area contributed by atoms with Crippen LogP contribution in [0.2, 0.25) is 5.02 Å². The van der Waals surface area contributed by atoms with Crippen molar-refractivity contribution in [3.8, 4) is 26.9 Å². The Morgan fingerprint density at radius 3 is 2.50 bits per heavy atom. The van der Waals surface area contributed by atoms with Crippen LogP contribution in [0.25, 0.3) is 21.1 Å². The number of carbonyl (C=O) groups is 1. The molecule has 0 fully saturated rings. The SMILES string of the molecule is COc1ccc(-c2nc(C)c(-c3ccc(SCC(=O)Nc4cc(C(F)(F)F)ccc4Cl)nn3)s2)cc1.